The van der Waals surface area contributed by atoms with E-state index in [1.54, 1.807) is 0 Å². The smallest absolute Gasteiger partial charge is 0.0451 e. The molecule has 3 heteroatoms. The van der Waals surface area contributed by atoms with Crippen molar-refractivity contribution in [2.45, 2.75) is 6.54 Å². The van der Waals surface area contributed by atoms with Crippen molar-refractivity contribution in [2.24, 2.45) is 0 Å². The first-order chi connectivity index (χ1) is 3.93. The summed E-state index contributed by atoms with van der Waals surface area (Å²) in [5.74, 6) is 0. The number of hydrogen-bond acceptors (Lipinski definition) is 3. The Morgan fingerprint density at radius 1 is 1.88 bits per heavy atom. The van der Waals surface area contributed by atoms with E-state index >= 15 is 0 Å². The van der Waals surface area contributed by atoms with Gasteiger partial charge in [0.15, 0.2) is 0 Å². The molecule has 44 valence electrons. The Kier molecular flexibility index (Phi) is 2.00. The van der Waals surface area contributed by atoms with E-state index in [0.29, 0.717) is 0 Å². The van der Waals surface area contributed by atoms with Gasteiger partial charge in [0, 0.05) is 18.1 Å². The van der Waals surface area contributed by atoms with Crippen LogP contribution in [0.3, 0.4) is 0 Å². The largest absolute Gasteiger partial charge is 0.316 e. The lowest BCUT2D eigenvalue weighted by atomic mass is 10.4. The third kappa shape index (κ3) is 1.28. The van der Waals surface area contributed by atoms with Crippen molar-refractivity contribution < 1.29 is 0 Å². The first-order valence-electron chi connectivity index (χ1n) is 2.46. The molecule has 8 heavy (non-hydrogen) atoms. The minimum absolute atomic E-state index is 0.927. The summed E-state index contributed by atoms with van der Waals surface area (Å²) in [6.45, 7) is 0.927. The van der Waals surface area contributed by atoms with Crippen LogP contribution < -0.4 is 5.32 Å². The fourth-order valence-corrected chi connectivity index (χ4v) is 1.05. The van der Waals surface area contributed by atoms with E-state index in [4.69, 9.17) is 0 Å². The van der Waals surface area contributed by atoms with Crippen LogP contribution >= 0.6 is 11.5 Å². The Morgan fingerprint density at radius 2 is 2.75 bits per heavy atom. The molecule has 0 aromatic carbocycles. The Hall–Kier alpha value is -0.410. The van der Waals surface area contributed by atoms with Crippen molar-refractivity contribution in [1.82, 2.24) is 9.69 Å². The minimum atomic E-state index is 0.927. The average Bonchev–Trinajstić information content (AvgIpc) is 2.19. The highest BCUT2D eigenvalue weighted by Crippen LogP contribution is 1.99. The zero-order chi connectivity index (χ0) is 5.82. The van der Waals surface area contributed by atoms with Crippen LogP contribution in [0.15, 0.2) is 11.6 Å². The number of hydrogen-bond donors (Lipinski definition) is 1. The monoisotopic (exact) mass is 128 g/mol. The number of rotatable bonds is 2. The first-order valence-corrected chi connectivity index (χ1v) is 3.30. The third-order valence-corrected chi connectivity index (χ3v) is 1.50. The molecule has 0 atom stereocenters. The minimum Gasteiger partial charge on any atom is -0.316 e. The second kappa shape index (κ2) is 2.79. The molecule has 0 amide bonds. The summed E-state index contributed by atoms with van der Waals surface area (Å²) in [6, 6.07) is 0. The highest BCUT2D eigenvalue weighted by Gasteiger charge is 1.87. The second-order valence-electron chi connectivity index (χ2n) is 1.56. The predicted molar refractivity (Wildman–Crippen MR) is 34.9 cm³/mol. The molecule has 2 nitrogen and oxygen atoms in total. The quantitative estimate of drug-likeness (QED) is 0.639. The Labute approximate surface area is 52.7 Å². The molecule has 0 bridgehead atoms. The van der Waals surface area contributed by atoms with E-state index in [1.807, 2.05) is 18.6 Å². The zero-order valence-corrected chi connectivity index (χ0v) is 5.53. The molecule has 0 saturated carbocycles. The van der Waals surface area contributed by atoms with Gasteiger partial charge in [0.2, 0.25) is 0 Å². The highest BCUT2D eigenvalue weighted by molar-refractivity contribution is 7.03. The molecule has 0 fully saturated rings. The van der Waals surface area contributed by atoms with Crippen LogP contribution in [0.4, 0.5) is 0 Å². The van der Waals surface area contributed by atoms with Crippen molar-refractivity contribution in [3.63, 3.8) is 0 Å². The van der Waals surface area contributed by atoms with Gasteiger partial charge in [-0.25, -0.2) is 4.37 Å². The van der Waals surface area contributed by atoms with Gasteiger partial charge in [-0.3, -0.25) is 0 Å². The molecule has 0 radical (unpaired) electrons. The van der Waals surface area contributed by atoms with Crippen molar-refractivity contribution in [1.29, 1.82) is 0 Å². The van der Waals surface area contributed by atoms with Gasteiger partial charge < -0.3 is 5.32 Å². The van der Waals surface area contributed by atoms with Gasteiger partial charge in [-0.15, -0.1) is 0 Å². The van der Waals surface area contributed by atoms with Gasteiger partial charge in [-0.1, -0.05) is 0 Å². The fourth-order valence-electron chi connectivity index (χ4n) is 0.518. The maximum atomic E-state index is 3.94. The molecule has 0 saturated heterocycles. The van der Waals surface area contributed by atoms with E-state index in [1.165, 1.54) is 17.1 Å². The summed E-state index contributed by atoms with van der Waals surface area (Å²) in [5.41, 5.74) is 1.26. The molecule has 1 rings (SSSR count). The fraction of sp³-hybridized carbons (Fsp3) is 0.400. The van der Waals surface area contributed by atoms with E-state index in [2.05, 4.69) is 9.69 Å². The van der Waals surface area contributed by atoms with E-state index in [-0.39, 0.29) is 0 Å². The van der Waals surface area contributed by atoms with Gasteiger partial charge in [-0.2, -0.15) is 0 Å². The molecule has 0 spiro atoms. The number of nitrogens with one attached hydrogen (secondary N) is 1. The summed E-state index contributed by atoms with van der Waals surface area (Å²) in [5, 5.41) is 5.07. The maximum Gasteiger partial charge on any atom is 0.0451 e. The third-order valence-electron chi connectivity index (χ3n) is 0.864. The molecule has 1 heterocycles. The van der Waals surface area contributed by atoms with Crippen molar-refractivity contribution in [2.75, 3.05) is 7.05 Å². The lowest BCUT2D eigenvalue weighted by Gasteiger charge is -1.88. The first kappa shape index (κ1) is 5.72. The van der Waals surface area contributed by atoms with E-state index in [9.17, 15) is 0 Å². The van der Waals surface area contributed by atoms with Crippen molar-refractivity contribution in [3.05, 3.63) is 17.1 Å². The Balaban J connectivity index is 2.50. The zero-order valence-electron chi connectivity index (χ0n) is 4.72. The Bertz CT molecular complexity index is 136. The lowest BCUT2D eigenvalue weighted by Crippen LogP contribution is -2.03. The molecule has 0 unspecified atom stereocenters. The molecule has 1 N–H and O–H groups in total. The lowest BCUT2D eigenvalue weighted by molar-refractivity contribution is 0.819. The molecular weight excluding hydrogens is 120 g/mol. The van der Waals surface area contributed by atoms with Crippen molar-refractivity contribution in [3.8, 4) is 0 Å². The Morgan fingerprint density at radius 3 is 3.25 bits per heavy atom. The van der Waals surface area contributed by atoms with Crippen LogP contribution in [-0.2, 0) is 6.54 Å². The van der Waals surface area contributed by atoms with E-state index < -0.39 is 0 Å². The summed E-state index contributed by atoms with van der Waals surface area (Å²) in [6.07, 6.45) is 1.88. The molecule has 0 aliphatic heterocycles. The maximum absolute atomic E-state index is 3.94. The topological polar surface area (TPSA) is 24.9 Å². The predicted octanol–water partition coefficient (Wildman–Crippen LogP) is 0.863. The molecular formula is C5H8N2S. The van der Waals surface area contributed by atoms with Crippen LogP contribution in [-0.4, -0.2) is 11.4 Å². The highest BCUT2D eigenvalue weighted by atomic mass is 32.1. The summed E-state index contributed by atoms with van der Waals surface area (Å²) in [4.78, 5) is 0. The SMILES string of the molecule is CNCc1cnsc1. The summed E-state index contributed by atoms with van der Waals surface area (Å²) >= 11 is 1.49. The molecule has 1 aromatic rings. The van der Waals surface area contributed by atoms with Gasteiger partial charge >= 0.3 is 0 Å². The molecule has 1 aromatic heterocycles. The van der Waals surface area contributed by atoms with Crippen LogP contribution in [0.1, 0.15) is 5.56 Å². The molecule has 0 aliphatic carbocycles. The van der Waals surface area contributed by atoms with Crippen LogP contribution in [0.5, 0.6) is 0 Å². The summed E-state index contributed by atoms with van der Waals surface area (Å²) < 4.78 is 3.94. The summed E-state index contributed by atoms with van der Waals surface area (Å²) in [7, 11) is 1.93. The normalized spacial score (nSPS) is 9.62. The van der Waals surface area contributed by atoms with Crippen LogP contribution in [0.25, 0.3) is 0 Å². The van der Waals surface area contributed by atoms with Gasteiger partial charge in [-0.05, 0) is 24.1 Å². The average molecular weight is 128 g/mol. The molecule has 0 aliphatic rings. The van der Waals surface area contributed by atoms with Crippen molar-refractivity contribution >= 4 is 11.5 Å². The van der Waals surface area contributed by atoms with Crippen LogP contribution in [0.2, 0.25) is 0 Å². The number of nitrogens with zero attached hydrogens (tertiary/aromatic N) is 1. The van der Waals surface area contributed by atoms with Gasteiger partial charge in [0.25, 0.3) is 0 Å². The standard InChI is InChI=1S/C5H8N2S/c1-6-2-5-3-7-8-4-5/h3-4,6H,2H2,1H3. The van der Waals surface area contributed by atoms with Gasteiger partial charge in [0.1, 0.15) is 0 Å². The number of aromatic nitrogens is 1. The second-order valence-corrected chi connectivity index (χ2v) is 2.22. The van der Waals surface area contributed by atoms with E-state index in [0.717, 1.165) is 6.54 Å². The van der Waals surface area contributed by atoms with Gasteiger partial charge in [0.05, 0.1) is 0 Å². The van der Waals surface area contributed by atoms with Crippen LogP contribution in [0, 0.1) is 0 Å².